The highest BCUT2D eigenvalue weighted by Gasteiger charge is 2.02. The number of benzene rings is 3. The van der Waals surface area contributed by atoms with Crippen LogP contribution in [0, 0.1) is 0 Å². The lowest BCUT2D eigenvalue weighted by Gasteiger charge is -2.06. The Morgan fingerprint density at radius 2 is 1.53 bits per heavy atom. The number of hydrogen-bond acceptors (Lipinski definition) is 2. The second-order valence-electron chi connectivity index (χ2n) is 4.48. The summed E-state index contributed by atoms with van der Waals surface area (Å²) < 4.78 is 5.25. The zero-order valence-electron chi connectivity index (χ0n) is 10.6. The van der Waals surface area contributed by atoms with Gasteiger partial charge in [0.25, 0.3) is 0 Å². The maximum Gasteiger partial charge on any atom is 0.119 e. The summed E-state index contributed by atoms with van der Waals surface area (Å²) in [7, 11) is 1.67. The first-order chi connectivity index (χ1) is 9.26. The lowest BCUT2D eigenvalue weighted by atomic mass is 10.0. The fraction of sp³-hybridized carbons (Fsp3) is 0.0588. The van der Waals surface area contributed by atoms with Gasteiger partial charge in [0.1, 0.15) is 11.5 Å². The van der Waals surface area contributed by atoms with Gasteiger partial charge in [-0.2, -0.15) is 0 Å². The van der Waals surface area contributed by atoms with Crippen molar-refractivity contribution in [2.24, 2.45) is 0 Å². The number of fused-ring (bicyclic) bond motifs is 1. The average molecular weight is 250 g/mol. The highest BCUT2D eigenvalue weighted by molar-refractivity contribution is 5.88. The molecule has 0 atom stereocenters. The maximum atomic E-state index is 9.47. The van der Waals surface area contributed by atoms with Gasteiger partial charge in [-0.15, -0.1) is 0 Å². The van der Waals surface area contributed by atoms with Crippen LogP contribution in [-0.2, 0) is 0 Å². The molecule has 19 heavy (non-hydrogen) atoms. The van der Waals surface area contributed by atoms with Crippen LogP contribution in [0.5, 0.6) is 11.5 Å². The van der Waals surface area contributed by atoms with E-state index in [4.69, 9.17) is 4.74 Å². The molecular formula is C17H14O2. The van der Waals surface area contributed by atoms with Crippen LogP contribution in [-0.4, -0.2) is 12.2 Å². The topological polar surface area (TPSA) is 29.5 Å². The van der Waals surface area contributed by atoms with E-state index in [9.17, 15) is 5.11 Å². The number of phenols is 1. The lowest BCUT2D eigenvalue weighted by Crippen LogP contribution is -1.84. The van der Waals surface area contributed by atoms with E-state index in [0.717, 1.165) is 27.6 Å². The normalized spacial score (nSPS) is 10.6. The van der Waals surface area contributed by atoms with Gasteiger partial charge >= 0.3 is 0 Å². The van der Waals surface area contributed by atoms with Gasteiger partial charge in [-0.25, -0.2) is 0 Å². The number of methoxy groups -OCH3 is 1. The van der Waals surface area contributed by atoms with Crippen molar-refractivity contribution in [1.29, 1.82) is 0 Å². The molecule has 0 unspecified atom stereocenters. The van der Waals surface area contributed by atoms with Gasteiger partial charge in [-0.05, 0) is 52.2 Å². The van der Waals surface area contributed by atoms with Crippen molar-refractivity contribution < 1.29 is 9.84 Å². The van der Waals surface area contributed by atoms with Gasteiger partial charge in [0.05, 0.1) is 7.11 Å². The van der Waals surface area contributed by atoms with E-state index in [1.807, 2.05) is 30.3 Å². The molecule has 0 fully saturated rings. The fourth-order valence-corrected chi connectivity index (χ4v) is 2.22. The van der Waals surface area contributed by atoms with Gasteiger partial charge in [0.2, 0.25) is 0 Å². The third-order valence-corrected chi connectivity index (χ3v) is 3.23. The molecule has 1 N–H and O–H groups in total. The van der Waals surface area contributed by atoms with Crippen molar-refractivity contribution in [3.8, 4) is 22.6 Å². The van der Waals surface area contributed by atoms with E-state index in [-0.39, 0.29) is 0 Å². The highest BCUT2D eigenvalue weighted by atomic mass is 16.5. The predicted molar refractivity (Wildman–Crippen MR) is 77.6 cm³/mol. The fourth-order valence-electron chi connectivity index (χ4n) is 2.22. The summed E-state index contributed by atoms with van der Waals surface area (Å²) in [6.45, 7) is 0. The Bertz CT molecular complexity index is 732. The lowest BCUT2D eigenvalue weighted by molar-refractivity contribution is 0.415. The van der Waals surface area contributed by atoms with Gasteiger partial charge < -0.3 is 9.84 Å². The number of ether oxygens (including phenoxy) is 1. The summed E-state index contributed by atoms with van der Waals surface area (Å²) in [5.41, 5.74) is 2.26. The molecule has 0 heterocycles. The molecule has 0 amide bonds. The van der Waals surface area contributed by atoms with E-state index in [1.54, 1.807) is 19.2 Å². The number of hydrogen-bond donors (Lipinski definition) is 1. The van der Waals surface area contributed by atoms with Crippen LogP contribution in [0.4, 0.5) is 0 Å². The molecule has 0 aromatic heterocycles. The molecule has 3 rings (SSSR count). The molecule has 0 bridgehead atoms. The summed E-state index contributed by atoms with van der Waals surface area (Å²) in [6.07, 6.45) is 0. The Kier molecular flexibility index (Phi) is 2.84. The molecule has 3 aromatic carbocycles. The van der Waals surface area contributed by atoms with E-state index in [2.05, 4.69) is 18.2 Å². The summed E-state index contributed by atoms with van der Waals surface area (Å²) in [5, 5.41) is 11.6. The largest absolute Gasteiger partial charge is 0.508 e. The minimum absolute atomic E-state index is 0.293. The van der Waals surface area contributed by atoms with Crippen LogP contribution in [0.2, 0.25) is 0 Å². The Hall–Kier alpha value is -2.48. The first-order valence-corrected chi connectivity index (χ1v) is 6.13. The minimum atomic E-state index is 0.293. The monoisotopic (exact) mass is 250 g/mol. The second kappa shape index (κ2) is 4.65. The molecule has 0 aliphatic rings. The number of aromatic hydroxyl groups is 1. The summed E-state index contributed by atoms with van der Waals surface area (Å²) in [4.78, 5) is 0. The zero-order chi connectivity index (χ0) is 13.2. The molecule has 3 aromatic rings. The molecule has 0 spiro atoms. The van der Waals surface area contributed by atoms with Crippen LogP contribution in [0.3, 0.4) is 0 Å². The van der Waals surface area contributed by atoms with Gasteiger partial charge in [-0.3, -0.25) is 0 Å². The highest BCUT2D eigenvalue weighted by Crippen LogP contribution is 2.28. The smallest absolute Gasteiger partial charge is 0.119 e. The van der Waals surface area contributed by atoms with Crippen molar-refractivity contribution in [1.82, 2.24) is 0 Å². The first-order valence-electron chi connectivity index (χ1n) is 6.13. The Morgan fingerprint density at radius 1 is 0.789 bits per heavy atom. The van der Waals surface area contributed by atoms with Crippen molar-refractivity contribution in [3.05, 3.63) is 60.7 Å². The standard InChI is InChI=1S/C17H14O2/c1-19-17-4-2-3-12(11-17)13-5-6-15-10-16(18)8-7-14(15)9-13/h2-11,18H,1H3. The van der Waals surface area contributed by atoms with Crippen molar-refractivity contribution in [3.63, 3.8) is 0 Å². The molecule has 0 saturated carbocycles. The van der Waals surface area contributed by atoms with Gasteiger partial charge in [0, 0.05) is 0 Å². The van der Waals surface area contributed by atoms with Gasteiger partial charge in [0.15, 0.2) is 0 Å². The molecule has 0 aliphatic carbocycles. The predicted octanol–water partition coefficient (Wildman–Crippen LogP) is 4.22. The maximum absolute atomic E-state index is 9.47. The van der Waals surface area contributed by atoms with E-state index in [0.29, 0.717) is 5.75 Å². The molecule has 94 valence electrons. The Balaban J connectivity index is 2.12. The van der Waals surface area contributed by atoms with Crippen molar-refractivity contribution in [2.45, 2.75) is 0 Å². The molecule has 2 nitrogen and oxygen atoms in total. The van der Waals surface area contributed by atoms with Crippen molar-refractivity contribution >= 4 is 10.8 Å². The zero-order valence-corrected chi connectivity index (χ0v) is 10.6. The summed E-state index contributed by atoms with van der Waals surface area (Å²) >= 11 is 0. The van der Waals surface area contributed by atoms with Crippen LogP contribution >= 0.6 is 0 Å². The van der Waals surface area contributed by atoms with Crippen molar-refractivity contribution in [2.75, 3.05) is 7.11 Å². The summed E-state index contributed by atoms with van der Waals surface area (Å²) in [5.74, 6) is 1.14. The van der Waals surface area contributed by atoms with Crippen LogP contribution in [0.25, 0.3) is 21.9 Å². The quantitative estimate of drug-likeness (QED) is 0.737. The van der Waals surface area contributed by atoms with Crippen LogP contribution in [0.1, 0.15) is 0 Å². The van der Waals surface area contributed by atoms with E-state index in [1.165, 1.54) is 0 Å². The van der Waals surface area contributed by atoms with Gasteiger partial charge in [-0.1, -0.05) is 30.3 Å². The molecule has 2 heteroatoms. The van der Waals surface area contributed by atoms with Crippen LogP contribution < -0.4 is 4.74 Å². The molecular weight excluding hydrogens is 236 g/mol. The first kappa shape index (κ1) is 11.6. The minimum Gasteiger partial charge on any atom is -0.508 e. The second-order valence-corrected chi connectivity index (χ2v) is 4.48. The molecule has 0 saturated heterocycles. The third kappa shape index (κ3) is 2.25. The molecule has 0 radical (unpaired) electrons. The van der Waals surface area contributed by atoms with E-state index < -0.39 is 0 Å². The molecule has 0 aliphatic heterocycles. The SMILES string of the molecule is COc1cccc(-c2ccc3cc(O)ccc3c2)c1. The van der Waals surface area contributed by atoms with Crippen LogP contribution in [0.15, 0.2) is 60.7 Å². The third-order valence-electron chi connectivity index (χ3n) is 3.23. The summed E-state index contributed by atoms with van der Waals surface area (Å²) in [6, 6.07) is 19.6. The van der Waals surface area contributed by atoms with E-state index >= 15 is 0 Å². The average Bonchev–Trinajstić information content (AvgIpc) is 2.46. The Morgan fingerprint density at radius 3 is 2.37 bits per heavy atom. The number of phenolic OH excluding ortho intramolecular Hbond substituents is 1. The number of rotatable bonds is 2. The Labute approximate surface area is 111 Å².